The molecule has 1 fully saturated rings. The number of ether oxygens (including phenoxy) is 1. The maximum atomic E-state index is 10.4. The van der Waals surface area contributed by atoms with E-state index in [9.17, 15) is 5.11 Å². The molecule has 0 bridgehead atoms. The minimum Gasteiger partial charge on any atom is -0.387 e. The Morgan fingerprint density at radius 3 is 2.48 bits per heavy atom. The molecule has 1 unspecified atom stereocenters. The minimum absolute atomic E-state index is 0.422. The molecule has 1 saturated heterocycles. The van der Waals surface area contributed by atoms with Gasteiger partial charge in [0.2, 0.25) is 0 Å². The number of rotatable bonds is 5. The summed E-state index contributed by atoms with van der Waals surface area (Å²) in [5.41, 5.74) is 3.25. The molecule has 0 spiro atoms. The van der Waals surface area contributed by atoms with Gasteiger partial charge in [0, 0.05) is 26.0 Å². The highest BCUT2D eigenvalue weighted by Crippen LogP contribution is 2.28. The second-order valence-corrected chi connectivity index (χ2v) is 5.58. The number of hydrogen-bond acceptors (Lipinski definition) is 3. The van der Waals surface area contributed by atoms with E-state index in [-0.39, 0.29) is 0 Å². The van der Waals surface area contributed by atoms with Gasteiger partial charge in [0.25, 0.3) is 0 Å². The van der Waals surface area contributed by atoms with E-state index in [1.807, 2.05) is 25.6 Å². The Morgan fingerprint density at radius 1 is 1.33 bits per heavy atom. The van der Waals surface area contributed by atoms with E-state index < -0.39 is 6.10 Å². The van der Waals surface area contributed by atoms with Crippen LogP contribution in [0.25, 0.3) is 0 Å². The predicted molar refractivity (Wildman–Crippen MR) is 86.4 cm³/mol. The molecular formula is C17H32N2O2. The van der Waals surface area contributed by atoms with Crippen molar-refractivity contribution in [3.05, 3.63) is 17.0 Å². The standard InChI is InChI=1S/C15H26N2O2.C2H6/c1-4-13-11(2)15(16-17(13)3)14(18)6-5-12-7-9-19-10-8-12;1-2/h12,14,18H,4-10H2,1-3H3;1-2H3. The van der Waals surface area contributed by atoms with Crippen molar-refractivity contribution in [3.8, 4) is 0 Å². The summed E-state index contributed by atoms with van der Waals surface area (Å²) >= 11 is 0. The van der Waals surface area contributed by atoms with Crippen LogP contribution in [0.2, 0.25) is 0 Å². The molecule has 0 aromatic carbocycles. The van der Waals surface area contributed by atoms with Crippen LogP contribution in [-0.4, -0.2) is 28.1 Å². The zero-order valence-electron chi connectivity index (χ0n) is 14.4. The van der Waals surface area contributed by atoms with Crippen LogP contribution in [0.3, 0.4) is 0 Å². The Balaban J connectivity index is 0.00000106. The lowest BCUT2D eigenvalue weighted by molar-refractivity contribution is 0.0564. The number of aromatic nitrogens is 2. The summed E-state index contributed by atoms with van der Waals surface area (Å²) in [6.45, 7) is 9.95. The molecule has 21 heavy (non-hydrogen) atoms. The molecule has 0 saturated carbocycles. The van der Waals surface area contributed by atoms with Crippen LogP contribution in [0.4, 0.5) is 0 Å². The van der Waals surface area contributed by atoms with Gasteiger partial charge in [0.05, 0.1) is 11.8 Å². The third kappa shape index (κ3) is 4.82. The summed E-state index contributed by atoms with van der Waals surface area (Å²) in [5, 5.41) is 14.8. The van der Waals surface area contributed by atoms with Crippen LogP contribution < -0.4 is 0 Å². The third-order valence-electron chi connectivity index (χ3n) is 4.31. The van der Waals surface area contributed by atoms with Gasteiger partial charge in [-0.3, -0.25) is 4.68 Å². The maximum absolute atomic E-state index is 10.4. The van der Waals surface area contributed by atoms with Gasteiger partial charge in [-0.25, -0.2) is 0 Å². The third-order valence-corrected chi connectivity index (χ3v) is 4.31. The van der Waals surface area contributed by atoms with E-state index in [0.717, 1.165) is 56.6 Å². The highest BCUT2D eigenvalue weighted by atomic mass is 16.5. The molecule has 1 aromatic rings. The molecular weight excluding hydrogens is 264 g/mol. The molecule has 1 atom stereocenters. The van der Waals surface area contributed by atoms with Crippen molar-refractivity contribution >= 4 is 0 Å². The van der Waals surface area contributed by atoms with E-state index in [2.05, 4.69) is 18.9 Å². The van der Waals surface area contributed by atoms with Crippen molar-refractivity contribution in [2.75, 3.05) is 13.2 Å². The average Bonchev–Trinajstić information content (AvgIpc) is 2.82. The zero-order chi connectivity index (χ0) is 15.8. The van der Waals surface area contributed by atoms with Crippen molar-refractivity contribution in [2.24, 2.45) is 13.0 Å². The number of aliphatic hydroxyl groups is 1. The Kier molecular flexibility index (Phi) is 7.97. The van der Waals surface area contributed by atoms with Gasteiger partial charge in [-0.2, -0.15) is 5.10 Å². The first-order valence-corrected chi connectivity index (χ1v) is 8.41. The molecule has 2 heterocycles. The second-order valence-electron chi connectivity index (χ2n) is 5.58. The van der Waals surface area contributed by atoms with Gasteiger partial charge < -0.3 is 9.84 Å². The van der Waals surface area contributed by atoms with Crippen LogP contribution >= 0.6 is 0 Å². The van der Waals surface area contributed by atoms with Gasteiger partial charge in [0.1, 0.15) is 0 Å². The molecule has 0 aliphatic carbocycles. The summed E-state index contributed by atoms with van der Waals surface area (Å²) < 4.78 is 7.27. The Morgan fingerprint density at radius 2 is 1.95 bits per heavy atom. The lowest BCUT2D eigenvalue weighted by atomic mass is 9.92. The molecule has 1 aliphatic heterocycles. The van der Waals surface area contributed by atoms with Crippen LogP contribution in [-0.2, 0) is 18.2 Å². The zero-order valence-corrected chi connectivity index (χ0v) is 14.4. The minimum atomic E-state index is -0.422. The molecule has 0 radical (unpaired) electrons. The maximum Gasteiger partial charge on any atom is 0.0981 e. The molecule has 2 rings (SSSR count). The van der Waals surface area contributed by atoms with Gasteiger partial charge in [-0.15, -0.1) is 0 Å². The van der Waals surface area contributed by atoms with Gasteiger partial charge >= 0.3 is 0 Å². The largest absolute Gasteiger partial charge is 0.387 e. The van der Waals surface area contributed by atoms with E-state index in [1.54, 1.807) is 0 Å². The van der Waals surface area contributed by atoms with Crippen molar-refractivity contribution < 1.29 is 9.84 Å². The lowest BCUT2D eigenvalue weighted by Gasteiger charge is -2.22. The van der Waals surface area contributed by atoms with E-state index in [0.29, 0.717) is 5.92 Å². The fraction of sp³-hybridized carbons (Fsp3) is 0.824. The molecule has 0 amide bonds. The fourth-order valence-electron chi connectivity index (χ4n) is 3.06. The monoisotopic (exact) mass is 296 g/mol. The SMILES string of the molecule is CC.CCc1c(C)c(C(O)CCC2CCOCC2)nn1C. The Labute approximate surface area is 129 Å². The number of aryl methyl sites for hydroxylation is 1. The van der Waals surface area contributed by atoms with Crippen LogP contribution in [0, 0.1) is 12.8 Å². The Bertz CT molecular complexity index is 409. The fourth-order valence-corrected chi connectivity index (χ4v) is 3.06. The lowest BCUT2D eigenvalue weighted by Crippen LogP contribution is -2.16. The molecule has 1 aliphatic rings. The van der Waals surface area contributed by atoms with Crippen LogP contribution in [0.5, 0.6) is 0 Å². The van der Waals surface area contributed by atoms with Gasteiger partial charge in [-0.05, 0) is 50.5 Å². The van der Waals surface area contributed by atoms with Crippen molar-refractivity contribution in [1.29, 1.82) is 0 Å². The predicted octanol–water partition coefficient (Wildman–Crippen LogP) is 3.56. The first-order chi connectivity index (χ1) is 10.1. The smallest absolute Gasteiger partial charge is 0.0981 e. The molecule has 4 heteroatoms. The topological polar surface area (TPSA) is 47.3 Å². The number of nitrogens with zero attached hydrogens (tertiary/aromatic N) is 2. The van der Waals surface area contributed by atoms with E-state index in [4.69, 9.17) is 4.74 Å². The van der Waals surface area contributed by atoms with Gasteiger partial charge in [0.15, 0.2) is 0 Å². The highest BCUT2D eigenvalue weighted by molar-refractivity contribution is 5.26. The van der Waals surface area contributed by atoms with Crippen molar-refractivity contribution in [2.45, 2.75) is 65.9 Å². The number of aliphatic hydroxyl groups excluding tert-OH is 1. The quantitative estimate of drug-likeness (QED) is 0.903. The van der Waals surface area contributed by atoms with Gasteiger partial charge in [-0.1, -0.05) is 20.8 Å². The molecule has 122 valence electrons. The first kappa shape index (κ1) is 18.2. The summed E-state index contributed by atoms with van der Waals surface area (Å²) in [4.78, 5) is 0. The van der Waals surface area contributed by atoms with Crippen LogP contribution in [0.15, 0.2) is 0 Å². The van der Waals surface area contributed by atoms with E-state index in [1.165, 1.54) is 5.69 Å². The molecule has 4 nitrogen and oxygen atoms in total. The van der Waals surface area contributed by atoms with Crippen LogP contribution in [0.1, 0.15) is 69.5 Å². The summed E-state index contributed by atoms with van der Waals surface area (Å²) in [6.07, 6.45) is 4.69. The average molecular weight is 296 g/mol. The molecule has 1 aromatic heterocycles. The highest BCUT2D eigenvalue weighted by Gasteiger charge is 2.20. The Hall–Kier alpha value is -0.870. The van der Waals surface area contributed by atoms with E-state index >= 15 is 0 Å². The summed E-state index contributed by atoms with van der Waals surface area (Å²) in [7, 11) is 1.96. The summed E-state index contributed by atoms with van der Waals surface area (Å²) in [5.74, 6) is 0.707. The van der Waals surface area contributed by atoms with Crippen molar-refractivity contribution in [1.82, 2.24) is 9.78 Å². The number of hydrogen-bond donors (Lipinski definition) is 1. The molecule has 1 N–H and O–H groups in total. The van der Waals surface area contributed by atoms with Crippen molar-refractivity contribution in [3.63, 3.8) is 0 Å². The normalized spacial score (nSPS) is 17.2. The first-order valence-electron chi connectivity index (χ1n) is 8.41. The summed E-state index contributed by atoms with van der Waals surface area (Å²) in [6, 6.07) is 0. The second kappa shape index (κ2) is 9.21.